The van der Waals surface area contributed by atoms with Gasteiger partial charge in [0, 0.05) is 76.2 Å². The van der Waals surface area contributed by atoms with Gasteiger partial charge < -0.3 is 50.4 Å². The molecule has 0 radical (unpaired) electrons. The van der Waals surface area contributed by atoms with E-state index in [9.17, 15) is 19.1 Å². The van der Waals surface area contributed by atoms with Crippen molar-refractivity contribution in [3.8, 4) is 16.2 Å². The lowest BCUT2D eigenvalue weighted by molar-refractivity contribution is -0.142. The molecule has 15 nitrogen and oxygen atoms in total. The average molecular weight is 1060 g/mol. The molecule has 0 bridgehead atoms. The summed E-state index contributed by atoms with van der Waals surface area (Å²) >= 11 is 7.63. The Bertz CT molecular complexity index is 2560. The molecule has 3 aromatic carbocycles. The largest absolute Gasteiger partial charge is 0.491 e. The summed E-state index contributed by atoms with van der Waals surface area (Å²) in [5.74, 6) is 0.367. The van der Waals surface area contributed by atoms with Crippen molar-refractivity contribution in [1.82, 2.24) is 35.4 Å². The highest BCUT2D eigenvalue weighted by Crippen LogP contribution is 2.34. The van der Waals surface area contributed by atoms with E-state index in [1.165, 1.54) is 18.5 Å². The summed E-state index contributed by atoms with van der Waals surface area (Å²) in [6, 6.07) is 15.2. The van der Waals surface area contributed by atoms with Gasteiger partial charge in [-0.2, -0.15) is 0 Å². The molecule has 5 N–H and O–H groups in total. The summed E-state index contributed by atoms with van der Waals surface area (Å²) in [6.45, 7) is 14.0. The highest BCUT2D eigenvalue weighted by atomic mass is 35.5. The summed E-state index contributed by atoms with van der Waals surface area (Å²) in [7, 11) is 4.05. The Hall–Kier alpha value is -5.27. The molecule has 1 aliphatic rings. The SMILES string of the molecule is Cc1ncsc1-c1ccc(CNC(=O)[C@@H]2C[C@@H](O)CN2C(=O)[C@@H](NCCCCCCOCCCCOCCCCOc2cc3ncnc(Nc4ccc(F)c(Cl)c4)c3cc2NC/C=C/CN(C)C)C(C)(C)C)cc1. The third-order valence-electron chi connectivity index (χ3n) is 12.7. The fourth-order valence-corrected chi connectivity index (χ4v) is 9.61. The third-order valence-corrected chi connectivity index (χ3v) is 14.0. The zero-order valence-corrected chi connectivity index (χ0v) is 45.6. The fourth-order valence-electron chi connectivity index (χ4n) is 8.61. The van der Waals surface area contributed by atoms with Gasteiger partial charge in [-0.15, -0.1) is 11.3 Å². The number of aliphatic hydroxyl groups excluding tert-OH is 1. The molecule has 0 spiro atoms. The van der Waals surface area contributed by atoms with Crippen LogP contribution in [0.2, 0.25) is 5.02 Å². The highest BCUT2D eigenvalue weighted by Gasteiger charge is 2.43. The standard InChI is InChI=1S/C56H77ClFN9O6S/c1-39-51(74-38-64-39)41-19-17-40(18-20-41)35-61-54(69)49-32-43(68)36-67(49)55(70)52(56(2,3)4)60-24-9-7-8-12-26-71-27-13-14-28-72-29-15-16-30-73-50-34-47-44(33-48(50)59-23-10-11-25-66(5)6)53(63-37-62-47)65-42-21-22-46(58)45(57)31-42/h10-11,17-22,31,33-34,37-38,43,49,52,59-60,68H,7-9,12-16,23-30,32,35-36H2,1-6H3,(H,61,69)(H,62,63,65)/b11-10+/t43-,49+,52-/m1/s1. The highest BCUT2D eigenvalue weighted by molar-refractivity contribution is 7.13. The van der Waals surface area contributed by atoms with E-state index in [1.807, 2.05) is 83.7 Å². The van der Waals surface area contributed by atoms with Crippen LogP contribution in [0.5, 0.6) is 5.75 Å². The number of aliphatic hydroxyl groups is 1. The summed E-state index contributed by atoms with van der Waals surface area (Å²) in [4.78, 5) is 45.6. The number of amides is 2. The maximum absolute atomic E-state index is 14.0. The van der Waals surface area contributed by atoms with Crippen molar-refractivity contribution in [3.05, 3.63) is 101 Å². The van der Waals surface area contributed by atoms with E-state index in [0.29, 0.717) is 75.4 Å². The van der Waals surface area contributed by atoms with Gasteiger partial charge in [-0.25, -0.2) is 19.3 Å². The van der Waals surface area contributed by atoms with E-state index in [2.05, 4.69) is 53.3 Å². The molecule has 0 aliphatic carbocycles. The Labute approximate surface area is 446 Å². The van der Waals surface area contributed by atoms with Crippen molar-refractivity contribution >= 4 is 62.8 Å². The van der Waals surface area contributed by atoms with Crippen molar-refractivity contribution in [2.24, 2.45) is 5.41 Å². The second-order valence-corrected chi connectivity index (χ2v) is 21.5. The number of β-amino-alcohol motifs (C(OH)–C–C–N with tert-alkyl or cyclic N) is 1. The molecular weight excluding hydrogens is 981 g/mol. The van der Waals surface area contributed by atoms with Crippen LogP contribution in [0.4, 0.5) is 21.6 Å². The molecule has 0 unspecified atom stereocenters. The molecule has 2 amide bonds. The Morgan fingerprint density at radius 1 is 0.919 bits per heavy atom. The second-order valence-electron chi connectivity index (χ2n) is 20.2. The van der Waals surface area contributed by atoms with Crippen molar-refractivity contribution in [3.63, 3.8) is 0 Å². The quantitative estimate of drug-likeness (QED) is 0.0210. The number of ether oxygens (including phenoxy) is 3. The maximum atomic E-state index is 14.0. The zero-order valence-electron chi connectivity index (χ0n) is 44.1. The summed E-state index contributed by atoms with van der Waals surface area (Å²) in [5.41, 5.74) is 6.61. The normalized spacial score (nSPS) is 15.4. The minimum atomic E-state index is -0.750. The van der Waals surface area contributed by atoms with Gasteiger partial charge in [0.25, 0.3) is 0 Å². The number of carbonyl (C=O) groups is 2. The molecule has 18 heteroatoms. The maximum Gasteiger partial charge on any atom is 0.243 e. The number of nitrogens with zero attached hydrogens (tertiary/aromatic N) is 5. The van der Waals surface area contributed by atoms with Gasteiger partial charge in [-0.05, 0) is 107 Å². The van der Waals surface area contributed by atoms with Gasteiger partial charge in [0.15, 0.2) is 0 Å². The molecule has 1 aliphatic heterocycles. The van der Waals surface area contributed by atoms with Crippen LogP contribution in [-0.4, -0.2) is 133 Å². The van der Waals surface area contributed by atoms with Crippen molar-refractivity contribution in [2.75, 3.05) is 83.9 Å². The Balaban J connectivity index is 0.812. The number of thiazole rings is 1. The lowest BCUT2D eigenvalue weighted by Gasteiger charge is -2.35. The minimum Gasteiger partial charge on any atom is -0.491 e. The van der Waals surface area contributed by atoms with Crippen LogP contribution >= 0.6 is 22.9 Å². The van der Waals surface area contributed by atoms with Gasteiger partial charge in [0.05, 0.1) is 51.1 Å². The Morgan fingerprint density at radius 3 is 2.30 bits per heavy atom. The first kappa shape index (κ1) is 58.0. The van der Waals surface area contributed by atoms with Crippen LogP contribution in [0.1, 0.15) is 89.8 Å². The molecule has 402 valence electrons. The number of halogens is 2. The van der Waals surface area contributed by atoms with E-state index >= 15 is 0 Å². The first-order valence-electron chi connectivity index (χ1n) is 26.0. The van der Waals surface area contributed by atoms with Crippen LogP contribution < -0.4 is 26.0 Å². The fraction of sp³-hybridized carbons (Fsp3) is 0.518. The average Bonchev–Trinajstić information content (AvgIpc) is 3.99. The summed E-state index contributed by atoms with van der Waals surface area (Å²) < 4.78 is 31.9. The van der Waals surface area contributed by atoms with Gasteiger partial charge in [0.2, 0.25) is 11.8 Å². The monoisotopic (exact) mass is 1060 g/mol. The van der Waals surface area contributed by atoms with Gasteiger partial charge >= 0.3 is 0 Å². The number of likely N-dealkylation sites (tertiary alicyclic amines) is 1. The number of hydrogen-bond donors (Lipinski definition) is 5. The van der Waals surface area contributed by atoms with E-state index in [-0.39, 0.29) is 29.8 Å². The Kier molecular flexibility index (Phi) is 23.3. The third kappa shape index (κ3) is 18.2. The minimum absolute atomic E-state index is 0.0234. The van der Waals surface area contributed by atoms with E-state index < -0.39 is 29.4 Å². The van der Waals surface area contributed by atoms with E-state index in [4.69, 9.17) is 25.8 Å². The number of aryl methyl sites for hydroxylation is 1. The number of hydrogen-bond acceptors (Lipinski definition) is 14. The number of likely N-dealkylation sites (N-methyl/N-ethyl adjacent to an activating group) is 1. The van der Waals surface area contributed by atoms with Gasteiger partial charge in [-0.3, -0.25) is 9.59 Å². The summed E-state index contributed by atoms with van der Waals surface area (Å²) in [6.07, 6.45) is 12.6. The predicted molar refractivity (Wildman–Crippen MR) is 296 cm³/mol. The molecule has 3 heterocycles. The molecule has 0 saturated carbocycles. The molecule has 5 aromatic rings. The topological polar surface area (TPSA) is 175 Å². The molecule has 1 fully saturated rings. The second kappa shape index (κ2) is 29.7. The number of nitrogens with one attached hydrogen (secondary N) is 4. The van der Waals surface area contributed by atoms with Crippen LogP contribution in [0.25, 0.3) is 21.3 Å². The molecule has 3 atom stereocenters. The molecule has 1 saturated heterocycles. The van der Waals surface area contributed by atoms with Crippen LogP contribution in [0.15, 0.2) is 78.6 Å². The van der Waals surface area contributed by atoms with Crippen LogP contribution in [0, 0.1) is 18.2 Å². The molecule has 2 aromatic heterocycles. The number of anilines is 3. The first-order valence-corrected chi connectivity index (χ1v) is 27.3. The van der Waals surface area contributed by atoms with Crippen LogP contribution in [-0.2, 0) is 25.6 Å². The number of fused-ring (bicyclic) bond motifs is 1. The lowest BCUT2D eigenvalue weighted by atomic mass is 9.85. The van der Waals surface area contributed by atoms with Crippen molar-refractivity contribution < 1.29 is 33.3 Å². The van der Waals surface area contributed by atoms with E-state index in [1.54, 1.807) is 22.3 Å². The van der Waals surface area contributed by atoms with Crippen molar-refractivity contribution in [2.45, 2.75) is 110 Å². The number of unbranched alkanes of at least 4 members (excludes halogenated alkanes) is 5. The Morgan fingerprint density at radius 2 is 1.62 bits per heavy atom. The number of rotatable bonds is 31. The van der Waals surface area contributed by atoms with Crippen molar-refractivity contribution in [1.29, 1.82) is 0 Å². The molecule has 6 rings (SSSR count). The number of benzene rings is 3. The van der Waals surface area contributed by atoms with E-state index in [0.717, 1.165) is 90.7 Å². The molecule has 74 heavy (non-hydrogen) atoms. The molecular formula is C56H77ClFN9O6S. The lowest BCUT2D eigenvalue weighted by Crippen LogP contribution is -2.56. The first-order chi connectivity index (χ1) is 35.7. The summed E-state index contributed by atoms with van der Waals surface area (Å²) in [5, 5.41) is 24.6. The number of carbonyl (C=O) groups excluding carboxylic acids is 2. The zero-order chi connectivity index (χ0) is 52.9. The predicted octanol–water partition coefficient (Wildman–Crippen LogP) is 9.94. The van der Waals surface area contributed by atoms with Gasteiger partial charge in [-0.1, -0.05) is 81.6 Å². The number of aromatic nitrogens is 3. The van der Waals surface area contributed by atoms with Crippen LogP contribution in [0.3, 0.4) is 0 Å². The van der Waals surface area contributed by atoms with Gasteiger partial charge in [0.1, 0.15) is 29.8 Å². The smallest absolute Gasteiger partial charge is 0.243 e.